The number of ether oxygens (including phenoxy) is 7. The van der Waals surface area contributed by atoms with Gasteiger partial charge in [-0.05, 0) is 44.0 Å². The van der Waals surface area contributed by atoms with E-state index in [1.807, 2.05) is 87.5 Å². The lowest BCUT2D eigenvalue weighted by molar-refractivity contribution is -0.220. The van der Waals surface area contributed by atoms with Crippen LogP contribution in [0.15, 0.2) is 66.7 Å². The van der Waals surface area contributed by atoms with Crippen molar-refractivity contribution in [2.75, 3.05) is 13.9 Å². The van der Waals surface area contributed by atoms with E-state index in [1.165, 1.54) is 0 Å². The van der Waals surface area contributed by atoms with Crippen molar-refractivity contribution in [2.24, 2.45) is 5.73 Å². The molecule has 0 aromatic heterocycles. The Balaban J connectivity index is 1.30. The average molecular weight is 500 g/mol. The first-order valence-electron chi connectivity index (χ1n) is 12.3. The lowest BCUT2D eigenvalue weighted by atomic mass is 10.0. The third kappa shape index (κ3) is 7.14. The van der Waals surface area contributed by atoms with Gasteiger partial charge in [0.05, 0.1) is 32.5 Å². The lowest BCUT2D eigenvalue weighted by Gasteiger charge is -2.28. The van der Waals surface area contributed by atoms with E-state index in [1.54, 1.807) is 7.11 Å². The Morgan fingerprint density at radius 2 is 1.69 bits per heavy atom. The Hall–Kier alpha value is -2.30. The molecular formula is C28H37NO7. The molecule has 36 heavy (non-hydrogen) atoms. The Kier molecular flexibility index (Phi) is 9.14. The summed E-state index contributed by atoms with van der Waals surface area (Å²) in [5, 5.41) is 0. The van der Waals surface area contributed by atoms with E-state index in [0.29, 0.717) is 13.2 Å². The van der Waals surface area contributed by atoms with Crippen LogP contribution in [0.3, 0.4) is 0 Å². The van der Waals surface area contributed by atoms with Crippen LogP contribution in [0.25, 0.3) is 0 Å². The number of nitrogens with two attached hydrogens (primary N) is 1. The molecule has 2 aliphatic heterocycles. The molecule has 0 bridgehead atoms. The average Bonchev–Trinajstić information content (AvgIpc) is 3.36. The van der Waals surface area contributed by atoms with Crippen molar-refractivity contribution >= 4 is 0 Å². The molecule has 2 aromatic carbocycles. The van der Waals surface area contributed by atoms with E-state index >= 15 is 0 Å². The van der Waals surface area contributed by atoms with E-state index in [2.05, 4.69) is 0 Å². The molecule has 0 unspecified atom stereocenters. The molecule has 2 saturated heterocycles. The van der Waals surface area contributed by atoms with E-state index in [0.717, 1.165) is 16.9 Å². The van der Waals surface area contributed by atoms with E-state index in [9.17, 15) is 0 Å². The highest BCUT2D eigenvalue weighted by Crippen LogP contribution is 2.40. The summed E-state index contributed by atoms with van der Waals surface area (Å²) < 4.78 is 41.1. The van der Waals surface area contributed by atoms with Gasteiger partial charge in [0.25, 0.3) is 0 Å². The van der Waals surface area contributed by atoms with Crippen molar-refractivity contribution in [3.63, 3.8) is 0 Å². The maximum atomic E-state index is 6.52. The predicted molar refractivity (Wildman–Crippen MR) is 134 cm³/mol. The molecule has 2 fully saturated rings. The van der Waals surface area contributed by atoms with Gasteiger partial charge in [0, 0.05) is 0 Å². The van der Waals surface area contributed by atoms with Crippen LogP contribution < -0.4 is 10.5 Å². The third-order valence-electron chi connectivity index (χ3n) is 6.14. The van der Waals surface area contributed by atoms with Crippen molar-refractivity contribution in [3.8, 4) is 5.75 Å². The van der Waals surface area contributed by atoms with Crippen LogP contribution in [0.2, 0.25) is 0 Å². The van der Waals surface area contributed by atoms with E-state index in [4.69, 9.17) is 38.9 Å². The molecule has 196 valence electrons. The van der Waals surface area contributed by atoms with Crippen LogP contribution in [0.1, 0.15) is 31.9 Å². The van der Waals surface area contributed by atoms with Crippen molar-refractivity contribution in [3.05, 3.63) is 77.9 Å². The highest BCUT2D eigenvalue weighted by atomic mass is 16.8. The van der Waals surface area contributed by atoms with Crippen molar-refractivity contribution in [2.45, 2.75) is 76.5 Å². The number of fused-ring (bicyclic) bond motifs is 1. The predicted octanol–water partition coefficient (Wildman–Crippen LogP) is 3.92. The molecule has 0 radical (unpaired) electrons. The molecule has 0 saturated carbocycles. The van der Waals surface area contributed by atoms with Gasteiger partial charge in [-0.25, -0.2) is 0 Å². The minimum atomic E-state index is -0.746. The summed E-state index contributed by atoms with van der Waals surface area (Å²) in [7, 11) is 1.64. The summed E-state index contributed by atoms with van der Waals surface area (Å²) in [5.41, 5.74) is 8.63. The molecule has 0 aliphatic carbocycles. The van der Waals surface area contributed by atoms with Crippen LogP contribution in [-0.4, -0.2) is 56.4 Å². The maximum Gasteiger partial charge on any atom is 0.190 e. The summed E-state index contributed by atoms with van der Waals surface area (Å²) in [6.07, 6.45) is 1.85. The largest absolute Gasteiger partial charge is 0.497 e. The molecule has 2 N–H and O–H groups in total. The van der Waals surface area contributed by atoms with E-state index < -0.39 is 30.3 Å². The molecule has 8 nitrogen and oxygen atoms in total. The van der Waals surface area contributed by atoms with Crippen molar-refractivity contribution in [1.29, 1.82) is 0 Å². The van der Waals surface area contributed by atoms with Crippen molar-refractivity contribution < 1.29 is 33.2 Å². The molecule has 2 aliphatic rings. The highest BCUT2D eigenvalue weighted by Gasteiger charge is 2.56. The fraction of sp³-hybridized carbons (Fsp3) is 0.500. The lowest BCUT2D eigenvalue weighted by Crippen LogP contribution is -2.45. The van der Waals surface area contributed by atoms with Crippen LogP contribution in [0.4, 0.5) is 0 Å². The molecular weight excluding hydrogens is 462 g/mol. The van der Waals surface area contributed by atoms with Gasteiger partial charge in [0.15, 0.2) is 12.1 Å². The first-order valence-corrected chi connectivity index (χ1v) is 12.3. The topological polar surface area (TPSA) is 90.6 Å². The first kappa shape index (κ1) is 26.8. The van der Waals surface area contributed by atoms with Crippen LogP contribution in [0.5, 0.6) is 5.75 Å². The third-order valence-corrected chi connectivity index (χ3v) is 6.14. The molecule has 8 heteroatoms. The van der Waals surface area contributed by atoms with Gasteiger partial charge in [0.2, 0.25) is 0 Å². The number of methoxy groups -OCH3 is 1. The summed E-state index contributed by atoms with van der Waals surface area (Å²) in [5.74, 6) is 0.0495. The van der Waals surface area contributed by atoms with Crippen molar-refractivity contribution in [1.82, 2.24) is 0 Å². The zero-order valence-electron chi connectivity index (χ0n) is 21.4. The smallest absolute Gasteiger partial charge is 0.190 e. The molecule has 0 spiro atoms. The Morgan fingerprint density at radius 1 is 0.972 bits per heavy atom. The zero-order chi connectivity index (χ0) is 25.5. The van der Waals surface area contributed by atoms with Gasteiger partial charge in [-0.1, -0.05) is 54.6 Å². The standard InChI is InChI=1S/C28H37NO7/c1-19(33-18-31-16-20-8-6-5-7-9-20)10-15-23(29)24-25(26-27(34-24)36-28(2,3)35-26)32-17-21-11-13-22(30-4)14-12-21/h5-15,19,23-27H,16-18,29H2,1-4H3/b15-10+/t19-,23-,24-,25-,26-,27-/m1/s1. The van der Waals surface area contributed by atoms with Gasteiger partial charge < -0.3 is 38.9 Å². The van der Waals surface area contributed by atoms with Crippen LogP contribution in [-0.2, 0) is 41.6 Å². The minimum Gasteiger partial charge on any atom is -0.497 e. The molecule has 2 aromatic rings. The highest BCUT2D eigenvalue weighted by molar-refractivity contribution is 5.26. The number of hydrogen-bond donors (Lipinski definition) is 1. The summed E-state index contributed by atoms with van der Waals surface area (Å²) in [6.45, 7) is 6.73. The fourth-order valence-corrected chi connectivity index (χ4v) is 4.26. The van der Waals surface area contributed by atoms with Gasteiger partial charge in [-0.15, -0.1) is 0 Å². The maximum absolute atomic E-state index is 6.52. The van der Waals surface area contributed by atoms with Gasteiger partial charge in [-0.2, -0.15) is 0 Å². The second-order valence-corrected chi connectivity index (χ2v) is 9.48. The molecule has 6 atom stereocenters. The summed E-state index contributed by atoms with van der Waals surface area (Å²) in [6, 6.07) is 17.3. The zero-order valence-corrected chi connectivity index (χ0v) is 21.4. The molecule has 0 amide bonds. The number of hydrogen-bond acceptors (Lipinski definition) is 8. The monoisotopic (exact) mass is 499 g/mol. The van der Waals surface area contributed by atoms with Crippen LogP contribution in [0, 0.1) is 0 Å². The Labute approximate surface area is 213 Å². The SMILES string of the molecule is COc1ccc(CO[C@H]2[C@H]3OC(C)(C)O[C@H]3O[C@@H]2[C@H](N)/C=C/[C@@H](C)OCOCc2ccccc2)cc1. The second kappa shape index (κ2) is 12.3. The molecule has 2 heterocycles. The van der Waals surface area contributed by atoms with Crippen LogP contribution >= 0.6 is 0 Å². The minimum absolute atomic E-state index is 0.183. The Bertz CT molecular complexity index is 966. The number of rotatable bonds is 12. The summed E-state index contributed by atoms with van der Waals surface area (Å²) >= 11 is 0. The Morgan fingerprint density at radius 3 is 2.42 bits per heavy atom. The van der Waals surface area contributed by atoms with Gasteiger partial charge >= 0.3 is 0 Å². The second-order valence-electron chi connectivity index (χ2n) is 9.48. The normalized spacial score (nSPS) is 26.7. The van der Waals surface area contributed by atoms with E-state index in [-0.39, 0.29) is 19.0 Å². The van der Waals surface area contributed by atoms with Gasteiger partial charge in [-0.3, -0.25) is 0 Å². The fourth-order valence-electron chi connectivity index (χ4n) is 4.26. The molecule has 4 rings (SSSR count). The number of benzene rings is 2. The van der Waals surface area contributed by atoms with Gasteiger partial charge in [0.1, 0.15) is 30.9 Å². The quantitative estimate of drug-likeness (QED) is 0.267. The summed E-state index contributed by atoms with van der Waals surface area (Å²) in [4.78, 5) is 0. The first-order chi connectivity index (χ1) is 17.3.